The third-order valence-electron chi connectivity index (χ3n) is 7.58. The first-order valence-corrected chi connectivity index (χ1v) is 13.3. The van der Waals surface area contributed by atoms with Gasteiger partial charge in [-0.05, 0) is 88.2 Å². The van der Waals surface area contributed by atoms with Gasteiger partial charge in [0.05, 0.1) is 0 Å². The lowest BCUT2D eigenvalue weighted by molar-refractivity contribution is 0.103. The van der Waals surface area contributed by atoms with Crippen LogP contribution in [0.15, 0.2) is 66.4 Å². The smallest absolute Gasteiger partial charge is 0.195 e. The summed E-state index contributed by atoms with van der Waals surface area (Å²) < 4.78 is 21.7. The molecule has 200 valence electrons. The molecule has 1 fully saturated rings. The molecule has 0 bridgehead atoms. The average molecular weight is 516 g/mol. The van der Waals surface area contributed by atoms with Crippen LogP contribution in [0.25, 0.3) is 10.8 Å². The van der Waals surface area contributed by atoms with Gasteiger partial charge >= 0.3 is 0 Å². The lowest BCUT2D eigenvalue weighted by atomic mass is 9.95. The van der Waals surface area contributed by atoms with Gasteiger partial charge in [0.15, 0.2) is 17.3 Å². The van der Waals surface area contributed by atoms with Crippen LogP contribution in [0.2, 0.25) is 0 Å². The van der Waals surface area contributed by atoms with Crippen LogP contribution in [-0.2, 0) is 0 Å². The van der Waals surface area contributed by atoms with Crippen LogP contribution in [0.5, 0.6) is 11.5 Å². The number of allylic oxidation sites excluding steroid dienone is 2. The Morgan fingerprint density at radius 3 is 2.55 bits per heavy atom. The Morgan fingerprint density at radius 1 is 1.21 bits per heavy atom. The van der Waals surface area contributed by atoms with Crippen molar-refractivity contribution in [2.24, 2.45) is 0 Å². The van der Waals surface area contributed by atoms with Crippen molar-refractivity contribution in [2.45, 2.75) is 46.1 Å². The monoisotopic (exact) mass is 515 g/mol. The maximum Gasteiger partial charge on any atom is 0.195 e. The normalized spacial score (nSPS) is 16.1. The largest absolute Gasteiger partial charge is 0.454 e. The number of aryl methyl sites for hydroxylation is 1. The van der Waals surface area contributed by atoms with E-state index < -0.39 is 5.82 Å². The number of ether oxygens (including phenoxy) is 1. The third kappa shape index (κ3) is 5.60. The molecule has 0 aliphatic carbocycles. The molecule has 6 heteroatoms. The molecular formula is C32H38FN3O2. The maximum atomic E-state index is 15.3. The van der Waals surface area contributed by atoms with Crippen LogP contribution in [-0.4, -0.2) is 43.9 Å². The molecule has 3 aromatic carbocycles. The fourth-order valence-electron chi connectivity index (χ4n) is 5.29. The van der Waals surface area contributed by atoms with Gasteiger partial charge < -0.3 is 20.3 Å². The van der Waals surface area contributed by atoms with E-state index in [1.165, 1.54) is 18.9 Å². The molecule has 0 spiro atoms. The first-order valence-electron chi connectivity index (χ1n) is 13.3. The minimum absolute atomic E-state index is 0.214. The van der Waals surface area contributed by atoms with Crippen molar-refractivity contribution in [1.29, 1.82) is 0 Å². The van der Waals surface area contributed by atoms with Crippen molar-refractivity contribution in [3.8, 4) is 11.5 Å². The molecule has 1 heterocycles. The van der Waals surface area contributed by atoms with E-state index in [1.54, 1.807) is 27.0 Å². The van der Waals surface area contributed by atoms with Crippen LogP contribution < -0.4 is 15.4 Å². The van der Waals surface area contributed by atoms with E-state index >= 15 is 4.39 Å². The first-order chi connectivity index (χ1) is 18.2. The van der Waals surface area contributed by atoms with Gasteiger partial charge in [0.2, 0.25) is 0 Å². The van der Waals surface area contributed by atoms with Gasteiger partial charge in [-0.25, -0.2) is 4.39 Å². The second kappa shape index (κ2) is 11.8. The molecule has 38 heavy (non-hydrogen) atoms. The number of benzene rings is 3. The molecule has 1 aliphatic rings. The molecule has 0 aromatic heterocycles. The SMILES string of the molecule is C=C(NCCC1CCCN1C)/C(=C/C)C(=O)c1cc(F)c(NC)c(Oc2cc3ccccc3cc2C)c1C. The topological polar surface area (TPSA) is 53.6 Å². The predicted molar refractivity (Wildman–Crippen MR) is 155 cm³/mol. The second-order valence-corrected chi connectivity index (χ2v) is 10.1. The number of anilines is 1. The van der Waals surface area contributed by atoms with E-state index in [4.69, 9.17) is 4.74 Å². The zero-order valence-corrected chi connectivity index (χ0v) is 23.1. The Bertz CT molecular complexity index is 1400. The molecule has 2 N–H and O–H groups in total. The number of hydrogen-bond acceptors (Lipinski definition) is 5. The number of carbonyl (C=O) groups is 1. The number of likely N-dealkylation sites (tertiary alicyclic amines) is 1. The molecule has 3 aromatic rings. The summed E-state index contributed by atoms with van der Waals surface area (Å²) in [5.74, 6) is 0.0735. The maximum absolute atomic E-state index is 15.3. The number of ketones is 1. The Labute approximate surface area is 225 Å². The Hall–Kier alpha value is -3.64. The Balaban J connectivity index is 1.61. The third-order valence-corrected chi connectivity index (χ3v) is 7.58. The van der Waals surface area contributed by atoms with Crippen LogP contribution >= 0.6 is 0 Å². The van der Waals surface area contributed by atoms with Gasteiger partial charge in [0.25, 0.3) is 0 Å². The second-order valence-electron chi connectivity index (χ2n) is 10.1. The fourth-order valence-corrected chi connectivity index (χ4v) is 5.29. The van der Waals surface area contributed by atoms with E-state index in [1.807, 2.05) is 43.3 Å². The highest BCUT2D eigenvalue weighted by molar-refractivity contribution is 6.12. The molecule has 0 radical (unpaired) electrons. The lowest BCUT2D eigenvalue weighted by Gasteiger charge is -2.21. The summed E-state index contributed by atoms with van der Waals surface area (Å²) in [7, 11) is 3.79. The summed E-state index contributed by atoms with van der Waals surface area (Å²) in [6, 6.07) is 13.8. The van der Waals surface area contributed by atoms with Gasteiger partial charge in [-0.15, -0.1) is 0 Å². The highest BCUT2D eigenvalue weighted by atomic mass is 19.1. The lowest BCUT2D eigenvalue weighted by Crippen LogP contribution is -2.29. The van der Waals surface area contributed by atoms with Crippen molar-refractivity contribution in [3.05, 3.63) is 88.9 Å². The number of fused-ring (bicyclic) bond motifs is 1. The van der Waals surface area contributed by atoms with Crippen molar-refractivity contribution in [1.82, 2.24) is 10.2 Å². The van der Waals surface area contributed by atoms with Crippen LogP contribution in [0.1, 0.15) is 47.7 Å². The number of nitrogens with zero attached hydrogens (tertiary/aromatic N) is 1. The number of carbonyl (C=O) groups excluding carboxylic acids is 1. The molecule has 1 saturated heterocycles. The average Bonchev–Trinajstić information content (AvgIpc) is 3.31. The van der Waals surface area contributed by atoms with Crippen molar-refractivity contribution < 1.29 is 13.9 Å². The van der Waals surface area contributed by atoms with Gasteiger partial charge in [0, 0.05) is 42.0 Å². The first kappa shape index (κ1) is 27.4. The van der Waals surface area contributed by atoms with E-state index in [2.05, 4.69) is 29.2 Å². The van der Waals surface area contributed by atoms with Crippen molar-refractivity contribution in [2.75, 3.05) is 32.5 Å². The van der Waals surface area contributed by atoms with Crippen molar-refractivity contribution in [3.63, 3.8) is 0 Å². The Kier molecular flexibility index (Phi) is 8.52. The molecule has 1 atom stereocenters. The zero-order chi connectivity index (χ0) is 27.4. The molecule has 1 unspecified atom stereocenters. The van der Waals surface area contributed by atoms with Gasteiger partial charge in [-0.1, -0.05) is 36.9 Å². The standard InChI is InChI=1S/C32H38FN3O2/c1-7-26(22(4)35-15-14-25-13-10-16-36(25)6)31(37)27-19-28(33)30(34-5)32(21(27)3)38-29-18-24-12-9-8-11-23(24)17-20(29)2/h7-9,11-12,17-19,25,34-35H,4,10,13-16H2,1-3,5-6H3/b26-7-. The van der Waals surface area contributed by atoms with Crippen molar-refractivity contribution >= 4 is 22.2 Å². The number of hydrogen-bond donors (Lipinski definition) is 2. The fraction of sp³-hybridized carbons (Fsp3) is 0.344. The van der Waals surface area contributed by atoms with Crippen LogP contribution in [0, 0.1) is 19.7 Å². The molecule has 0 saturated carbocycles. The van der Waals surface area contributed by atoms with E-state index in [9.17, 15) is 4.79 Å². The molecule has 5 nitrogen and oxygen atoms in total. The minimum atomic E-state index is -0.548. The number of halogens is 1. The minimum Gasteiger partial charge on any atom is -0.454 e. The molecular weight excluding hydrogens is 477 g/mol. The van der Waals surface area contributed by atoms with Gasteiger partial charge in [-0.3, -0.25) is 4.79 Å². The van der Waals surface area contributed by atoms with Crippen LogP contribution in [0.3, 0.4) is 0 Å². The van der Waals surface area contributed by atoms with E-state index in [-0.39, 0.29) is 17.0 Å². The van der Waals surface area contributed by atoms with Gasteiger partial charge in [0.1, 0.15) is 11.4 Å². The Morgan fingerprint density at radius 2 is 1.92 bits per heavy atom. The summed E-state index contributed by atoms with van der Waals surface area (Å²) in [6.45, 7) is 11.5. The number of Topliss-reactive ketones (excluding diaryl/α,β-unsaturated/α-hetero) is 1. The predicted octanol–water partition coefficient (Wildman–Crippen LogP) is 7.15. The summed E-state index contributed by atoms with van der Waals surface area (Å²) in [5, 5.41) is 8.35. The number of nitrogens with one attached hydrogen (secondary N) is 2. The highest BCUT2D eigenvalue weighted by Gasteiger charge is 2.25. The zero-order valence-electron chi connectivity index (χ0n) is 23.1. The highest BCUT2D eigenvalue weighted by Crippen LogP contribution is 2.40. The molecule has 4 rings (SSSR count). The summed E-state index contributed by atoms with van der Waals surface area (Å²) >= 11 is 0. The number of rotatable bonds is 10. The van der Waals surface area contributed by atoms with E-state index in [0.717, 1.165) is 35.8 Å². The summed E-state index contributed by atoms with van der Waals surface area (Å²) in [5.41, 5.74) is 2.92. The molecule has 0 amide bonds. The van der Waals surface area contributed by atoms with E-state index in [0.29, 0.717) is 34.4 Å². The quantitative estimate of drug-likeness (QED) is 0.171. The molecule has 1 aliphatic heterocycles. The summed E-state index contributed by atoms with van der Waals surface area (Å²) in [6.07, 6.45) is 5.12. The van der Waals surface area contributed by atoms with Crippen LogP contribution in [0.4, 0.5) is 10.1 Å². The summed E-state index contributed by atoms with van der Waals surface area (Å²) in [4.78, 5) is 16.1. The van der Waals surface area contributed by atoms with Gasteiger partial charge in [-0.2, -0.15) is 0 Å².